The second-order valence-corrected chi connectivity index (χ2v) is 6.79. The van der Waals surface area contributed by atoms with E-state index in [-0.39, 0.29) is 12.4 Å². The number of para-hydroxylation sites is 2. The summed E-state index contributed by atoms with van der Waals surface area (Å²) >= 11 is 1.56. The maximum absolute atomic E-state index is 13.8. The summed E-state index contributed by atoms with van der Waals surface area (Å²) in [7, 11) is 0. The summed E-state index contributed by atoms with van der Waals surface area (Å²) in [4.78, 5) is 0. The predicted molar refractivity (Wildman–Crippen MR) is 108 cm³/mol. The first-order valence-electron chi connectivity index (χ1n) is 8.96. The number of halogens is 1. The molecular weight excluding hydrogens is 377 g/mol. The molecule has 1 heterocycles. The van der Waals surface area contributed by atoms with Crippen molar-refractivity contribution in [3.8, 4) is 11.5 Å². The molecule has 0 atom stereocenters. The quantitative estimate of drug-likeness (QED) is 0.359. The second kappa shape index (κ2) is 9.94. The number of hydrogen-bond donors (Lipinski definition) is 0. The van der Waals surface area contributed by atoms with Gasteiger partial charge in [0, 0.05) is 17.9 Å². The molecule has 146 valence electrons. The van der Waals surface area contributed by atoms with Crippen LogP contribution < -0.4 is 9.47 Å². The highest BCUT2D eigenvalue weighted by molar-refractivity contribution is 7.98. The number of ether oxygens (including phenoxy) is 2. The van der Waals surface area contributed by atoms with E-state index in [2.05, 4.69) is 16.8 Å². The molecule has 0 saturated carbocycles. The first-order chi connectivity index (χ1) is 13.7. The van der Waals surface area contributed by atoms with Gasteiger partial charge in [-0.3, -0.25) is 4.57 Å². The topological polar surface area (TPSA) is 49.2 Å². The molecule has 0 radical (unpaired) electrons. The van der Waals surface area contributed by atoms with Crippen LogP contribution in [0.4, 0.5) is 4.39 Å². The monoisotopic (exact) mass is 399 g/mol. The van der Waals surface area contributed by atoms with Crippen LogP contribution in [0.5, 0.6) is 11.5 Å². The summed E-state index contributed by atoms with van der Waals surface area (Å²) in [6, 6.07) is 14.2. The minimum absolute atomic E-state index is 0.123. The molecular formula is C21H22FN3O2S. The van der Waals surface area contributed by atoms with Crippen molar-refractivity contribution in [2.75, 3.05) is 6.61 Å². The van der Waals surface area contributed by atoms with Crippen molar-refractivity contribution in [1.29, 1.82) is 0 Å². The molecule has 0 fully saturated rings. The third-order valence-corrected chi connectivity index (χ3v) is 4.94. The van der Waals surface area contributed by atoms with Gasteiger partial charge in [-0.15, -0.1) is 16.8 Å². The highest BCUT2D eigenvalue weighted by atomic mass is 32.2. The third-order valence-electron chi connectivity index (χ3n) is 3.93. The lowest BCUT2D eigenvalue weighted by molar-refractivity contribution is 0.275. The van der Waals surface area contributed by atoms with E-state index in [0.717, 1.165) is 16.5 Å². The maximum Gasteiger partial charge on any atom is 0.191 e. The Balaban J connectivity index is 1.72. The standard InChI is InChI=1S/C21H22FN3O2S/c1-3-13-25-20(14-27-19-12-8-6-10-17(19)22)23-24-21(25)28-15-16-9-5-7-11-18(16)26-4-2/h3,5-12H,1,4,13-15H2,2H3. The Morgan fingerprint density at radius 2 is 1.82 bits per heavy atom. The molecule has 0 N–H and O–H groups in total. The van der Waals surface area contributed by atoms with Gasteiger partial charge in [-0.2, -0.15) is 0 Å². The Bertz CT molecular complexity index is 930. The van der Waals surface area contributed by atoms with Crippen LogP contribution in [0.25, 0.3) is 0 Å². The highest BCUT2D eigenvalue weighted by Gasteiger charge is 2.14. The Morgan fingerprint density at radius 3 is 2.57 bits per heavy atom. The van der Waals surface area contributed by atoms with E-state index >= 15 is 0 Å². The van der Waals surface area contributed by atoms with Gasteiger partial charge in [0.25, 0.3) is 0 Å². The van der Waals surface area contributed by atoms with Crippen LogP contribution in [-0.2, 0) is 18.9 Å². The fraction of sp³-hybridized carbons (Fsp3) is 0.238. The van der Waals surface area contributed by atoms with Crippen molar-refractivity contribution in [3.05, 3.63) is 78.4 Å². The van der Waals surface area contributed by atoms with E-state index in [1.807, 2.05) is 35.8 Å². The molecule has 1 aromatic heterocycles. The van der Waals surface area contributed by atoms with Crippen molar-refractivity contribution in [2.45, 2.75) is 31.0 Å². The Labute approximate surface area is 168 Å². The minimum Gasteiger partial charge on any atom is -0.494 e. The van der Waals surface area contributed by atoms with Crippen LogP contribution >= 0.6 is 11.8 Å². The summed E-state index contributed by atoms with van der Waals surface area (Å²) in [6.45, 7) is 7.05. The van der Waals surface area contributed by atoms with Crippen LogP contribution in [-0.4, -0.2) is 21.4 Å². The molecule has 3 aromatic rings. The Hall–Kier alpha value is -2.80. The highest BCUT2D eigenvalue weighted by Crippen LogP contribution is 2.28. The van der Waals surface area contributed by atoms with Crippen LogP contribution in [0.1, 0.15) is 18.3 Å². The molecule has 5 nitrogen and oxygen atoms in total. The van der Waals surface area contributed by atoms with Gasteiger partial charge >= 0.3 is 0 Å². The number of nitrogens with zero attached hydrogens (tertiary/aromatic N) is 3. The van der Waals surface area contributed by atoms with E-state index in [1.54, 1.807) is 36.0 Å². The van der Waals surface area contributed by atoms with Crippen molar-refractivity contribution in [2.24, 2.45) is 0 Å². The lowest BCUT2D eigenvalue weighted by atomic mass is 10.2. The third kappa shape index (κ3) is 4.92. The molecule has 0 unspecified atom stereocenters. The van der Waals surface area contributed by atoms with Gasteiger partial charge in [0.2, 0.25) is 0 Å². The van der Waals surface area contributed by atoms with Gasteiger partial charge < -0.3 is 9.47 Å². The van der Waals surface area contributed by atoms with Gasteiger partial charge in [-0.05, 0) is 25.1 Å². The largest absolute Gasteiger partial charge is 0.494 e. The summed E-state index contributed by atoms with van der Waals surface area (Å²) in [5, 5.41) is 9.24. The first-order valence-corrected chi connectivity index (χ1v) is 9.95. The number of benzene rings is 2. The molecule has 0 saturated heterocycles. The van der Waals surface area contributed by atoms with Crippen molar-refractivity contribution in [1.82, 2.24) is 14.8 Å². The number of hydrogen-bond acceptors (Lipinski definition) is 5. The van der Waals surface area contributed by atoms with Gasteiger partial charge in [-0.1, -0.05) is 48.2 Å². The molecule has 0 bridgehead atoms. The van der Waals surface area contributed by atoms with Crippen molar-refractivity contribution >= 4 is 11.8 Å². The molecule has 0 aliphatic carbocycles. The summed E-state index contributed by atoms with van der Waals surface area (Å²) in [6.07, 6.45) is 1.77. The molecule has 28 heavy (non-hydrogen) atoms. The number of thioether (sulfide) groups is 1. The lowest BCUT2D eigenvalue weighted by Crippen LogP contribution is -2.08. The van der Waals surface area contributed by atoms with E-state index in [0.29, 0.717) is 24.7 Å². The summed E-state index contributed by atoms with van der Waals surface area (Å²) in [5.74, 6) is 1.97. The summed E-state index contributed by atoms with van der Waals surface area (Å²) in [5.41, 5.74) is 1.09. The van der Waals surface area contributed by atoms with Crippen molar-refractivity contribution < 1.29 is 13.9 Å². The zero-order valence-electron chi connectivity index (χ0n) is 15.7. The van der Waals surface area contributed by atoms with E-state index in [9.17, 15) is 4.39 Å². The molecule has 0 aliphatic heterocycles. The zero-order chi connectivity index (χ0) is 19.8. The Kier molecular flexibility index (Phi) is 7.08. The summed E-state index contributed by atoms with van der Waals surface area (Å²) < 4.78 is 26.9. The van der Waals surface area contributed by atoms with E-state index in [4.69, 9.17) is 9.47 Å². The molecule has 0 spiro atoms. The van der Waals surface area contributed by atoms with Gasteiger partial charge in [-0.25, -0.2) is 4.39 Å². The average molecular weight is 399 g/mol. The first kappa shape index (κ1) is 19.9. The van der Waals surface area contributed by atoms with Crippen LogP contribution in [0.3, 0.4) is 0 Å². The van der Waals surface area contributed by atoms with E-state index < -0.39 is 5.82 Å². The van der Waals surface area contributed by atoms with Gasteiger partial charge in [0.1, 0.15) is 12.4 Å². The number of aromatic nitrogens is 3. The normalized spacial score (nSPS) is 10.6. The predicted octanol–water partition coefficient (Wildman–Crippen LogP) is 4.87. The smallest absolute Gasteiger partial charge is 0.191 e. The fourth-order valence-corrected chi connectivity index (χ4v) is 3.57. The van der Waals surface area contributed by atoms with Gasteiger partial charge in [0.05, 0.1) is 6.61 Å². The Morgan fingerprint density at radius 1 is 1.07 bits per heavy atom. The van der Waals surface area contributed by atoms with Crippen LogP contribution in [0.2, 0.25) is 0 Å². The van der Waals surface area contributed by atoms with Crippen molar-refractivity contribution in [3.63, 3.8) is 0 Å². The molecule has 2 aromatic carbocycles. The molecule has 3 rings (SSSR count). The molecule has 0 aliphatic rings. The maximum atomic E-state index is 13.8. The molecule has 0 amide bonds. The zero-order valence-corrected chi connectivity index (χ0v) is 16.5. The SMILES string of the molecule is C=CCn1c(COc2ccccc2F)nnc1SCc1ccccc1OCC. The van der Waals surface area contributed by atoms with Crippen LogP contribution in [0.15, 0.2) is 66.3 Å². The number of allylic oxidation sites excluding steroid dienone is 1. The van der Waals surface area contributed by atoms with E-state index in [1.165, 1.54) is 6.07 Å². The van der Waals surface area contributed by atoms with Gasteiger partial charge in [0.15, 0.2) is 22.5 Å². The van der Waals surface area contributed by atoms with Crippen LogP contribution in [0, 0.1) is 5.82 Å². The minimum atomic E-state index is -0.403. The fourth-order valence-electron chi connectivity index (χ4n) is 2.61. The number of rotatable bonds is 10. The second-order valence-electron chi connectivity index (χ2n) is 5.85. The molecule has 7 heteroatoms. The average Bonchev–Trinajstić information content (AvgIpc) is 3.09. The lowest BCUT2D eigenvalue weighted by Gasteiger charge is -2.11.